The summed E-state index contributed by atoms with van der Waals surface area (Å²) in [5.74, 6) is -14.9. The standard InChI is InChI=1S/C88H127N19O20/c1-11-13-23-69-81(119)96-61(36-49(3)4)77(115)92-33-35-127-48-74(111)94-64(38-52-27-29-55(108)30-28-52)84(122)102(8)51(7)76(114)98-66(42-73(91)110)86(124)106-34-19-26-70(106)82(120)101-67(43-90)80(118)99-63(37-50(5)6)87(125)107-46-56(109)41-72(107)83(121)97-62(39-53-44-93-59-22-17-15-20-57(53)59)79(117)95-60(31-32-89)78(116)100-65(85(123)104(10)71(24-14-12-2)88(126)103(69)9)40-54-45-105(47-75(112)113)68-25-18-16-21-58(54)68/h15-18,20-22,25,27-30,44-45,49-51,56,60-67,69-72,93,108-109H,11-14,19,23-24,26,31-43,46-48,89-90H2,1-10H3,(H2,91,110)(H,92,115)(H,94,111)(H,95,117)(H,96,119)(H,97,121)(H,98,114)(H,99,118)(H,100,116)(H,101,120)(H,112,113)/t51-,56+,60-,61-,62-,63-,64-,65-,66-,67-,69-,70-,71-,72-/m0/s1. The van der Waals surface area contributed by atoms with E-state index in [9.17, 15) is 63.3 Å². The number of aromatic amines is 1. The van der Waals surface area contributed by atoms with Gasteiger partial charge in [0.15, 0.2) is 0 Å². The number of nitrogens with one attached hydrogen (secondary N) is 10. The molecule has 0 aliphatic carbocycles. The monoisotopic (exact) mass is 1770 g/mol. The topological polar surface area (TPSA) is 566 Å². The molecule has 3 fully saturated rings. The number of carboxylic acids is 1. The van der Waals surface area contributed by atoms with Gasteiger partial charge in [-0.1, -0.05) is 116 Å². The van der Waals surface area contributed by atoms with Crippen LogP contribution >= 0.6 is 0 Å². The fourth-order valence-corrected chi connectivity index (χ4v) is 16.3. The van der Waals surface area contributed by atoms with Crippen LogP contribution in [0.25, 0.3) is 21.8 Å². The Hall–Kier alpha value is -12.1. The van der Waals surface area contributed by atoms with E-state index in [4.69, 9.17) is 21.9 Å². The van der Waals surface area contributed by atoms with Gasteiger partial charge in [0, 0.05) is 107 Å². The van der Waals surface area contributed by atoms with Crippen molar-refractivity contribution in [1.82, 2.24) is 81.9 Å². The van der Waals surface area contributed by atoms with Crippen molar-refractivity contribution in [1.29, 1.82) is 0 Å². The molecule has 2 aromatic heterocycles. The van der Waals surface area contributed by atoms with Crippen LogP contribution in [0, 0.1) is 11.8 Å². The summed E-state index contributed by atoms with van der Waals surface area (Å²) in [6.45, 7) is 9.23. The van der Waals surface area contributed by atoms with Crippen LogP contribution in [0.2, 0.25) is 0 Å². The molecule has 8 rings (SSSR count). The number of carbonyl (C=O) groups is 16. The number of amides is 15. The van der Waals surface area contributed by atoms with Crippen LogP contribution in [0.5, 0.6) is 5.75 Å². The summed E-state index contributed by atoms with van der Waals surface area (Å²) in [4.78, 5) is 242. The lowest BCUT2D eigenvalue weighted by atomic mass is 9.99. The average molecular weight is 1770 g/mol. The first kappa shape index (κ1) is 100. The number of hydrogen-bond acceptors (Lipinski definition) is 21. The fourth-order valence-electron chi connectivity index (χ4n) is 16.3. The number of aliphatic hydroxyl groups excluding tert-OH is 1. The highest BCUT2D eigenvalue weighted by Gasteiger charge is 2.46. The van der Waals surface area contributed by atoms with Gasteiger partial charge in [-0.25, -0.2) is 0 Å². The van der Waals surface area contributed by atoms with Crippen molar-refractivity contribution in [2.24, 2.45) is 29.0 Å². The van der Waals surface area contributed by atoms with E-state index in [1.54, 1.807) is 68.6 Å². The summed E-state index contributed by atoms with van der Waals surface area (Å²) in [6.07, 6.45) is 1.89. The third-order valence-electron chi connectivity index (χ3n) is 23.3. The molecule has 3 saturated heterocycles. The van der Waals surface area contributed by atoms with E-state index in [2.05, 4.69) is 52.8 Å². The van der Waals surface area contributed by atoms with Gasteiger partial charge in [0.2, 0.25) is 88.6 Å². The first-order chi connectivity index (χ1) is 60.4. The molecule has 127 heavy (non-hydrogen) atoms. The molecule has 0 spiro atoms. The van der Waals surface area contributed by atoms with Crippen molar-refractivity contribution in [2.75, 3.05) is 67.1 Å². The SMILES string of the molecule is CCCC[C@H]1C(=O)N(C)[C@@H](CCCC)C(=O)N[C@@H](CC(C)C)C(=O)NCCOCC(=O)N[C@@H](Cc2ccc(O)cc2)C(=O)N(C)[C@@H](C)C(=O)N[C@@H](CC(N)=O)C(=O)N2CCC[C@H]2C(=O)N[C@@H](CN)C(=O)N[C@@H](CC(C)C)C(=O)N2C[C@H](O)C[C@H]2C(=O)N[C@@H](Cc2c[nH]c3ccccc23)C(=O)N[C@@H](CCN)C(=O)N[C@@H](Cc2cn(CC(=O)O)c3ccccc23)C(=O)N1C. The van der Waals surface area contributed by atoms with Crippen molar-refractivity contribution in [2.45, 2.75) is 242 Å². The number of likely N-dealkylation sites (N-methyl/N-ethyl adjacent to an activating group) is 3. The van der Waals surface area contributed by atoms with E-state index >= 15 is 28.8 Å². The molecule has 0 saturated carbocycles. The number of rotatable bonds is 23. The summed E-state index contributed by atoms with van der Waals surface area (Å²) in [5, 5.41) is 57.2. The van der Waals surface area contributed by atoms with E-state index < -0.39 is 212 Å². The second-order valence-electron chi connectivity index (χ2n) is 33.9. The van der Waals surface area contributed by atoms with E-state index in [1.807, 2.05) is 27.7 Å². The number of H-pyrrole nitrogens is 1. The largest absolute Gasteiger partial charge is 0.508 e. The van der Waals surface area contributed by atoms with Crippen LogP contribution in [-0.2, 0) is 107 Å². The maximum Gasteiger partial charge on any atom is 0.323 e. The lowest BCUT2D eigenvalue weighted by molar-refractivity contribution is -0.149. The number of ether oxygens (including phenoxy) is 1. The third kappa shape index (κ3) is 27.5. The number of para-hydroxylation sites is 2. The second-order valence-corrected chi connectivity index (χ2v) is 33.9. The Balaban J connectivity index is 1.17. The Bertz CT molecular complexity index is 4730. The molecule has 14 atom stereocenters. The quantitative estimate of drug-likeness (QED) is 0.0376. The summed E-state index contributed by atoms with van der Waals surface area (Å²) in [6, 6.07) is 0.564. The number of benzene rings is 3. The molecule has 5 aromatic rings. The van der Waals surface area contributed by atoms with Gasteiger partial charge in [-0.05, 0) is 111 Å². The normalized spacial score (nSPS) is 25.2. The predicted molar refractivity (Wildman–Crippen MR) is 467 cm³/mol. The maximum absolute atomic E-state index is 15.9. The van der Waals surface area contributed by atoms with Crippen LogP contribution in [-0.4, -0.2) is 296 Å². The first-order valence-electron chi connectivity index (χ1n) is 43.5. The summed E-state index contributed by atoms with van der Waals surface area (Å²) < 4.78 is 7.16. The molecule has 19 N–H and O–H groups in total. The Morgan fingerprint density at radius 1 is 0.551 bits per heavy atom. The van der Waals surface area contributed by atoms with Gasteiger partial charge in [0.25, 0.3) is 0 Å². The number of aromatic nitrogens is 2. The third-order valence-corrected chi connectivity index (χ3v) is 23.3. The highest BCUT2D eigenvalue weighted by Crippen LogP contribution is 2.29. The van der Waals surface area contributed by atoms with Gasteiger partial charge in [0.1, 0.15) is 97.4 Å². The first-order valence-corrected chi connectivity index (χ1v) is 43.5. The summed E-state index contributed by atoms with van der Waals surface area (Å²) in [7, 11) is 4.04. The number of primary amides is 1. The van der Waals surface area contributed by atoms with Crippen molar-refractivity contribution in [3.8, 4) is 5.75 Å². The molecule has 3 aromatic carbocycles. The highest BCUT2D eigenvalue weighted by atomic mass is 16.5. The summed E-state index contributed by atoms with van der Waals surface area (Å²) in [5.41, 5.74) is 20.6. The number of nitrogens with two attached hydrogens (primary N) is 3. The van der Waals surface area contributed by atoms with Crippen LogP contribution < -0.4 is 65.1 Å². The average Bonchev–Trinajstić information content (AvgIpc) is 1.67. The van der Waals surface area contributed by atoms with E-state index in [0.29, 0.717) is 64.2 Å². The number of carboxylic acid groups (broad SMARTS) is 1. The number of carbonyl (C=O) groups excluding carboxylic acids is 15. The Morgan fingerprint density at radius 3 is 1.76 bits per heavy atom. The van der Waals surface area contributed by atoms with E-state index in [0.717, 1.165) is 14.7 Å². The number of aliphatic carboxylic acids is 1. The molecular weight excluding hydrogens is 1640 g/mol. The molecular formula is C88H127N19O20. The number of aliphatic hydroxyl groups is 1. The molecule has 0 radical (unpaired) electrons. The van der Waals surface area contributed by atoms with Crippen LogP contribution in [0.15, 0.2) is 85.2 Å². The molecule has 15 amide bonds. The minimum atomic E-state index is -1.72. The zero-order chi connectivity index (χ0) is 93.2. The predicted octanol–water partition coefficient (Wildman–Crippen LogP) is -0.925. The molecule has 3 aliphatic heterocycles. The zero-order valence-electron chi connectivity index (χ0n) is 74.0. The van der Waals surface area contributed by atoms with Crippen molar-refractivity contribution >= 4 is 116 Å². The van der Waals surface area contributed by atoms with Gasteiger partial charge in [-0.3, -0.25) is 76.7 Å². The van der Waals surface area contributed by atoms with Crippen molar-refractivity contribution in [3.05, 3.63) is 102 Å². The molecule has 0 bridgehead atoms. The summed E-state index contributed by atoms with van der Waals surface area (Å²) >= 11 is 0. The van der Waals surface area contributed by atoms with Gasteiger partial charge in [-0.15, -0.1) is 0 Å². The fraction of sp³-hybridized carbons (Fsp3) is 0.568. The highest BCUT2D eigenvalue weighted by molar-refractivity contribution is 6.02. The molecule has 39 nitrogen and oxygen atoms in total. The van der Waals surface area contributed by atoms with Crippen molar-refractivity contribution < 1.29 is 96.8 Å². The van der Waals surface area contributed by atoms with Gasteiger partial charge in [0.05, 0.1) is 19.1 Å². The Morgan fingerprint density at radius 2 is 1.10 bits per heavy atom. The number of phenols is 1. The molecule has 5 heterocycles. The number of fused-ring (bicyclic) bond motifs is 4. The Labute approximate surface area is 737 Å². The number of unbranched alkanes of at least 4 members (excludes halogenated alkanes) is 2. The number of aromatic hydroxyl groups is 1. The number of nitrogens with zero attached hydrogens (tertiary/aromatic N) is 6. The molecule has 694 valence electrons. The zero-order valence-corrected chi connectivity index (χ0v) is 74.0. The minimum absolute atomic E-state index is 0.0108. The second kappa shape index (κ2) is 47.5. The number of phenolic OH excluding ortho intramolecular Hbond substituents is 1. The Kier molecular flexibility index (Phi) is 37.5. The minimum Gasteiger partial charge on any atom is -0.508 e. The van der Waals surface area contributed by atoms with E-state index in [-0.39, 0.29) is 114 Å². The molecule has 39 heteroatoms. The smallest absolute Gasteiger partial charge is 0.323 e. The van der Waals surface area contributed by atoms with Gasteiger partial charge < -0.3 is 119 Å². The lowest BCUT2D eigenvalue weighted by Crippen LogP contribution is -2.61. The molecule has 0 unspecified atom stereocenters. The van der Waals surface area contributed by atoms with Gasteiger partial charge >= 0.3 is 5.97 Å². The van der Waals surface area contributed by atoms with Crippen LogP contribution in [0.1, 0.15) is 149 Å². The van der Waals surface area contributed by atoms with Crippen LogP contribution in [0.3, 0.4) is 0 Å². The number of hydrogen-bond donors (Lipinski definition) is 16. The maximum atomic E-state index is 15.9. The lowest BCUT2D eigenvalue weighted by Gasteiger charge is -2.36. The molecule has 3 aliphatic rings. The van der Waals surface area contributed by atoms with Crippen LogP contribution in [0.4, 0.5) is 0 Å². The van der Waals surface area contributed by atoms with E-state index in [1.165, 1.54) is 72.9 Å². The van der Waals surface area contributed by atoms with Crippen molar-refractivity contribution in [3.63, 3.8) is 0 Å². The van der Waals surface area contributed by atoms with Gasteiger partial charge in [-0.2, -0.15) is 0 Å².